The van der Waals surface area contributed by atoms with E-state index in [2.05, 4.69) is 35.9 Å². The number of halogens is 1. The van der Waals surface area contributed by atoms with Gasteiger partial charge in [-0.3, -0.25) is 0 Å². The quantitative estimate of drug-likeness (QED) is 0.761. The van der Waals surface area contributed by atoms with Crippen LogP contribution >= 0.6 is 11.6 Å². The van der Waals surface area contributed by atoms with E-state index < -0.39 is 0 Å². The lowest BCUT2D eigenvalue weighted by Gasteiger charge is -2.10. The molecule has 0 saturated carbocycles. The summed E-state index contributed by atoms with van der Waals surface area (Å²) in [5.74, 6) is 1.02. The summed E-state index contributed by atoms with van der Waals surface area (Å²) in [6, 6.07) is 14.2. The SMILES string of the molecule is CCn1c(CNc2cc(C)ccc2Cl)nc2ccccc21. The monoisotopic (exact) mass is 299 g/mol. The number of nitrogens with zero attached hydrogens (tertiary/aromatic N) is 2. The summed E-state index contributed by atoms with van der Waals surface area (Å²) < 4.78 is 2.23. The molecule has 0 radical (unpaired) electrons. The highest BCUT2D eigenvalue weighted by Crippen LogP contribution is 2.24. The van der Waals surface area contributed by atoms with Crippen molar-refractivity contribution in [2.75, 3.05) is 5.32 Å². The average molecular weight is 300 g/mol. The molecule has 1 aromatic heterocycles. The van der Waals surface area contributed by atoms with Crippen LogP contribution in [0.1, 0.15) is 18.3 Å². The van der Waals surface area contributed by atoms with E-state index in [0.29, 0.717) is 6.54 Å². The zero-order valence-electron chi connectivity index (χ0n) is 12.2. The summed E-state index contributed by atoms with van der Waals surface area (Å²) in [6.07, 6.45) is 0. The van der Waals surface area contributed by atoms with Crippen LogP contribution in [0.3, 0.4) is 0 Å². The Morgan fingerprint density at radius 1 is 1.19 bits per heavy atom. The first-order chi connectivity index (χ1) is 10.2. The number of hydrogen-bond donors (Lipinski definition) is 1. The van der Waals surface area contributed by atoms with Crippen molar-refractivity contribution < 1.29 is 0 Å². The molecule has 0 spiro atoms. The lowest BCUT2D eigenvalue weighted by molar-refractivity contribution is 0.729. The van der Waals surface area contributed by atoms with E-state index >= 15 is 0 Å². The first kappa shape index (κ1) is 14.0. The summed E-state index contributed by atoms with van der Waals surface area (Å²) in [5, 5.41) is 4.13. The standard InChI is InChI=1S/C17H18ClN3/c1-3-21-16-7-5-4-6-14(16)20-17(21)11-19-15-10-12(2)8-9-13(15)18/h4-10,19H,3,11H2,1-2H3. The van der Waals surface area contributed by atoms with Crippen molar-refractivity contribution in [1.82, 2.24) is 9.55 Å². The molecular formula is C17H18ClN3. The molecule has 0 fully saturated rings. The fourth-order valence-corrected chi connectivity index (χ4v) is 2.75. The van der Waals surface area contributed by atoms with Crippen LogP contribution < -0.4 is 5.32 Å². The van der Waals surface area contributed by atoms with Crippen molar-refractivity contribution in [2.45, 2.75) is 26.9 Å². The molecule has 0 bridgehead atoms. The Bertz CT molecular complexity index is 777. The van der Waals surface area contributed by atoms with Gasteiger partial charge in [0, 0.05) is 6.54 Å². The second-order valence-electron chi connectivity index (χ2n) is 5.10. The summed E-state index contributed by atoms with van der Waals surface area (Å²) >= 11 is 6.23. The molecule has 3 aromatic rings. The molecule has 1 N–H and O–H groups in total. The van der Waals surface area contributed by atoms with Crippen LogP contribution in [0.2, 0.25) is 5.02 Å². The van der Waals surface area contributed by atoms with E-state index in [9.17, 15) is 0 Å². The number of aromatic nitrogens is 2. The van der Waals surface area contributed by atoms with E-state index in [1.165, 1.54) is 11.1 Å². The second-order valence-corrected chi connectivity index (χ2v) is 5.51. The van der Waals surface area contributed by atoms with E-state index in [1.807, 2.05) is 30.3 Å². The maximum Gasteiger partial charge on any atom is 0.129 e. The summed E-state index contributed by atoms with van der Waals surface area (Å²) in [5.41, 5.74) is 4.34. The molecule has 3 rings (SSSR count). The molecule has 108 valence electrons. The number of rotatable bonds is 4. The van der Waals surface area contributed by atoms with Gasteiger partial charge in [-0.2, -0.15) is 0 Å². The molecule has 0 aliphatic heterocycles. The van der Waals surface area contributed by atoms with Gasteiger partial charge in [-0.15, -0.1) is 0 Å². The van der Waals surface area contributed by atoms with Crippen molar-refractivity contribution in [3.63, 3.8) is 0 Å². The Labute approximate surface area is 129 Å². The first-order valence-electron chi connectivity index (χ1n) is 7.13. The third kappa shape index (κ3) is 2.74. The number of anilines is 1. The lowest BCUT2D eigenvalue weighted by Crippen LogP contribution is -2.08. The van der Waals surface area contributed by atoms with Gasteiger partial charge in [-0.25, -0.2) is 4.98 Å². The molecule has 0 unspecified atom stereocenters. The van der Waals surface area contributed by atoms with Gasteiger partial charge in [0.05, 0.1) is 28.3 Å². The molecule has 2 aromatic carbocycles. The summed E-state index contributed by atoms with van der Waals surface area (Å²) in [4.78, 5) is 4.71. The number of nitrogens with one attached hydrogen (secondary N) is 1. The van der Waals surface area contributed by atoms with Crippen LogP contribution in [0.25, 0.3) is 11.0 Å². The summed E-state index contributed by atoms with van der Waals surface area (Å²) in [6.45, 7) is 5.75. The first-order valence-corrected chi connectivity index (χ1v) is 7.51. The van der Waals surface area contributed by atoms with Gasteiger partial charge in [0.15, 0.2) is 0 Å². The second kappa shape index (κ2) is 5.78. The van der Waals surface area contributed by atoms with Crippen molar-refractivity contribution in [1.29, 1.82) is 0 Å². The van der Waals surface area contributed by atoms with E-state index in [-0.39, 0.29) is 0 Å². The Kier molecular flexibility index (Phi) is 3.84. The number of hydrogen-bond acceptors (Lipinski definition) is 2. The van der Waals surface area contributed by atoms with Crippen LogP contribution in [-0.2, 0) is 13.1 Å². The highest BCUT2D eigenvalue weighted by Gasteiger charge is 2.09. The topological polar surface area (TPSA) is 29.9 Å². The normalized spacial score (nSPS) is 11.0. The molecule has 0 aliphatic rings. The number of imidazole rings is 1. The van der Waals surface area contributed by atoms with Crippen molar-refractivity contribution in [3.05, 3.63) is 58.9 Å². The minimum atomic E-state index is 0.658. The average Bonchev–Trinajstić information content (AvgIpc) is 2.85. The van der Waals surface area contributed by atoms with Gasteiger partial charge in [0.1, 0.15) is 5.82 Å². The molecule has 0 aliphatic carbocycles. The van der Waals surface area contributed by atoms with Crippen molar-refractivity contribution >= 4 is 28.3 Å². The van der Waals surface area contributed by atoms with Crippen molar-refractivity contribution in [3.8, 4) is 0 Å². The maximum atomic E-state index is 6.23. The number of aryl methyl sites for hydroxylation is 2. The Balaban J connectivity index is 1.89. The van der Waals surface area contributed by atoms with Gasteiger partial charge in [-0.1, -0.05) is 29.8 Å². The Morgan fingerprint density at radius 3 is 2.81 bits per heavy atom. The van der Waals surface area contributed by atoms with E-state index in [4.69, 9.17) is 16.6 Å². The largest absolute Gasteiger partial charge is 0.377 e. The van der Waals surface area contributed by atoms with Gasteiger partial charge >= 0.3 is 0 Å². The number of fused-ring (bicyclic) bond motifs is 1. The smallest absolute Gasteiger partial charge is 0.129 e. The zero-order valence-corrected chi connectivity index (χ0v) is 13.0. The maximum absolute atomic E-state index is 6.23. The predicted molar refractivity (Wildman–Crippen MR) is 88.9 cm³/mol. The van der Waals surface area contributed by atoms with E-state index in [1.54, 1.807) is 0 Å². The lowest BCUT2D eigenvalue weighted by atomic mass is 10.2. The van der Waals surface area contributed by atoms with Crippen LogP contribution in [0.15, 0.2) is 42.5 Å². The van der Waals surface area contributed by atoms with Gasteiger partial charge in [0.2, 0.25) is 0 Å². The summed E-state index contributed by atoms with van der Waals surface area (Å²) in [7, 11) is 0. The molecule has 0 amide bonds. The van der Waals surface area contributed by atoms with Crippen LogP contribution in [-0.4, -0.2) is 9.55 Å². The zero-order chi connectivity index (χ0) is 14.8. The Morgan fingerprint density at radius 2 is 2.00 bits per heavy atom. The highest BCUT2D eigenvalue weighted by atomic mass is 35.5. The Hall–Kier alpha value is -2.00. The predicted octanol–water partition coefficient (Wildman–Crippen LogP) is 4.63. The van der Waals surface area contributed by atoms with Crippen LogP contribution in [0.5, 0.6) is 0 Å². The number of para-hydroxylation sites is 2. The molecule has 21 heavy (non-hydrogen) atoms. The minimum absolute atomic E-state index is 0.658. The van der Waals surface area contributed by atoms with Gasteiger partial charge in [-0.05, 0) is 43.7 Å². The van der Waals surface area contributed by atoms with Crippen molar-refractivity contribution in [2.24, 2.45) is 0 Å². The molecule has 0 atom stereocenters. The fourth-order valence-electron chi connectivity index (χ4n) is 2.56. The molecular weight excluding hydrogens is 282 g/mol. The number of benzene rings is 2. The van der Waals surface area contributed by atoms with Gasteiger partial charge in [0.25, 0.3) is 0 Å². The van der Waals surface area contributed by atoms with Gasteiger partial charge < -0.3 is 9.88 Å². The third-order valence-electron chi connectivity index (χ3n) is 3.61. The molecule has 3 nitrogen and oxygen atoms in total. The van der Waals surface area contributed by atoms with Crippen LogP contribution in [0.4, 0.5) is 5.69 Å². The molecule has 1 heterocycles. The third-order valence-corrected chi connectivity index (χ3v) is 3.94. The minimum Gasteiger partial charge on any atom is -0.377 e. The van der Waals surface area contributed by atoms with E-state index in [0.717, 1.165) is 28.6 Å². The molecule has 4 heteroatoms. The highest BCUT2D eigenvalue weighted by molar-refractivity contribution is 6.33. The molecule has 0 saturated heterocycles. The van der Waals surface area contributed by atoms with Crippen LogP contribution in [0, 0.1) is 6.92 Å². The fraction of sp³-hybridized carbons (Fsp3) is 0.235.